The van der Waals surface area contributed by atoms with Crippen LogP contribution in [-0.4, -0.2) is 25.3 Å². The zero-order valence-electron chi connectivity index (χ0n) is 12.8. The van der Waals surface area contributed by atoms with Crippen LogP contribution in [-0.2, 0) is 10.0 Å². The molecule has 1 aromatic carbocycles. The fraction of sp³-hybridized carbons (Fsp3) is 0.625. The zero-order valence-corrected chi connectivity index (χ0v) is 15.2. The summed E-state index contributed by atoms with van der Waals surface area (Å²) >= 11 is 3.36. The predicted octanol–water partition coefficient (Wildman–Crippen LogP) is 4.04. The number of rotatable bonds is 2. The van der Waals surface area contributed by atoms with Gasteiger partial charge in [-0.1, -0.05) is 36.7 Å². The molecule has 0 N–H and O–H groups in total. The average molecular weight is 372 g/mol. The molecular formula is C16H22BrNO2S. The Morgan fingerprint density at radius 2 is 1.76 bits per heavy atom. The number of hydrogen-bond acceptors (Lipinski definition) is 2. The Hall–Kier alpha value is -0.390. The number of nitrogens with zero attached hydrogens (tertiary/aromatic N) is 1. The Morgan fingerprint density at radius 3 is 2.38 bits per heavy atom. The Labute approximate surface area is 135 Å². The molecule has 1 aromatic rings. The van der Waals surface area contributed by atoms with Crippen LogP contribution in [0.1, 0.15) is 40.0 Å². The molecule has 0 spiro atoms. The van der Waals surface area contributed by atoms with Gasteiger partial charge in [0.05, 0.1) is 4.90 Å². The molecule has 1 aliphatic carbocycles. The lowest BCUT2D eigenvalue weighted by Crippen LogP contribution is -2.37. The summed E-state index contributed by atoms with van der Waals surface area (Å²) < 4.78 is 28.6. The average Bonchev–Trinajstić information content (AvgIpc) is 2.59. The maximum absolute atomic E-state index is 13.0. The second kappa shape index (κ2) is 4.80. The van der Waals surface area contributed by atoms with E-state index >= 15 is 0 Å². The van der Waals surface area contributed by atoms with Gasteiger partial charge < -0.3 is 0 Å². The van der Waals surface area contributed by atoms with Crippen molar-refractivity contribution in [2.75, 3.05) is 6.54 Å². The Kier molecular flexibility index (Phi) is 3.54. The van der Waals surface area contributed by atoms with Crippen LogP contribution in [0.15, 0.2) is 33.6 Å². The summed E-state index contributed by atoms with van der Waals surface area (Å²) in [7, 11) is -3.39. The summed E-state index contributed by atoms with van der Waals surface area (Å²) in [6.45, 7) is 7.40. The number of hydrogen-bond donors (Lipinski definition) is 0. The number of benzene rings is 1. The highest BCUT2D eigenvalue weighted by Crippen LogP contribution is 2.53. The molecule has 2 atom stereocenters. The van der Waals surface area contributed by atoms with Crippen LogP contribution in [0.2, 0.25) is 0 Å². The van der Waals surface area contributed by atoms with Gasteiger partial charge in [-0.05, 0) is 54.4 Å². The van der Waals surface area contributed by atoms with Crippen molar-refractivity contribution in [3.8, 4) is 0 Å². The molecule has 2 fully saturated rings. The second-order valence-electron chi connectivity index (χ2n) is 7.72. The van der Waals surface area contributed by atoms with E-state index in [1.807, 2.05) is 0 Å². The smallest absolute Gasteiger partial charge is 0.207 e. The van der Waals surface area contributed by atoms with Gasteiger partial charge in [-0.2, -0.15) is 4.31 Å². The summed E-state index contributed by atoms with van der Waals surface area (Å²) in [5.41, 5.74) is 0.344. The van der Waals surface area contributed by atoms with Crippen LogP contribution in [0.3, 0.4) is 0 Å². The largest absolute Gasteiger partial charge is 0.243 e. The van der Waals surface area contributed by atoms with Crippen molar-refractivity contribution in [1.29, 1.82) is 0 Å². The second-order valence-corrected chi connectivity index (χ2v) is 10.5. The molecule has 1 saturated carbocycles. The Balaban J connectivity index is 1.96. The van der Waals surface area contributed by atoms with Gasteiger partial charge in [0.15, 0.2) is 0 Å². The molecule has 3 nitrogen and oxygen atoms in total. The third-order valence-corrected chi connectivity index (χ3v) is 7.23. The van der Waals surface area contributed by atoms with Gasteiger partial charge in [0, 0.05) is 17.1 Å². The molecule has 2 bridgehead atoms. The van der Waals surface area contributed by atoms with E-state index in [0.29, 0.717) is 11.4 Å². The summed E-state index contributed by atoms with van der Waals surface area (Å²) in [5.74, 6) is 0. The van der Waals surface area contributed by atoms with Crippen LogP contribution >= 0.6 is 15.9 Å². The summed E-state index contributed by atoms with van der Waals surface area (Å²) in [6.07, 6.45) is 3.05. The van der Waals surface area contributed by atoms with Gasteiger partial charge in [-0.25, -0.2) is 8.42 Å². The van der Waals surface area contributed by atoms with Crippen molar-refractivity contribution >= 4 is 26.0 Å². The molecular weight excluding hydrogens is 350 g/mol. The van der Waals surface area contributed by atoms with Crippen molar-refractivity contribution < 1.29 is 8.42 Å². The highest BCUT2D eigenvalue weighted by Gasteiger charge is 2.53. The van der Waals surface area contributed by atoms with Gasteiger partial charge >= 0.3 is 0 Å². The third kappa shape index (κ3) is 2.80. The van der Waals surface area contributed by atoms with Gasteiger partial charge in [-0.3, -0.25) is 0 Å². The van der Waals surface area contributed by atoms with Crippen molar-refractivity contribution in [1.82, 2.24) is 4.31 Å². The van der Waals surface area contributed by atoms with Crippen LogP contribution < -0.4 is 0 Å². The molecule has 1 aliphatic heterocycles. The van der Waals surface area contributed by atoms with Crippen LogP contribution in [0.5, 0.6) is 0 Å². The molecule has 0 radical (unpaired) electrons. The monoisotopic (exact) mass is 371 g/mol. The van der Waals surface area contributed by atoms with E-state index in [4.69, 9.17) is 0 Å². The summed E-state index contributed by atoms with van der Waals surface area (Å²) in [5, 5.41) is 0. The van der Waals surface area contributed by atoms with Gasteiger partial charge in [-0.15, -0.1) is 0 Å². The normalized spacial score (nSPS) is 32.3. The first-order valence-corrected chi connectivity index (χ1v) is 9.62. The van der Waals surface area contributed by atoms with E-state index in [0.717, 1.165) is 23.7 Å². The third-order valence-electron chi connectivity index (χ3n) is 4.79. The van der Waals surface area contributed by atoms with Crippen molar-refractivity contribution in [3.05, 3.63) is 28.7 Å². The molecule has 0 amide bonds. The first kappa shape index (κ1) is 15.5. The zero-order chi connectivity index (χ0) is 15.5. The lowest BCUT2D eigenvalue weighted by molar-refractivity contribution is 0.133. The highest BCUT2D eigenvalue weighted by atomic mass is 79.9. The molecule has 5 heteroatoms. The Bertz CT molecular complexity index is 653. The SMILES string of the molecule is CC1(C)CC2CC(C)(CN2S(=O)(=O)c2ccc(Br)cc2)C1. The minimum atomic E-state index is -3.39. The maximum Gasteiger partial charge on any atom is 0.243 e. The molecule has 3 rings (SSSR count). The fourth-order valence-electron chi connectivity index (χ4n) is 4.43. The van der Waals surface area contributed by atoms with Gasteiger partial charge in [0.2, 0.25) is 10.0 Å². The van der Waals surface area contributed by atoms with E-state index < -0.39 is 10.0 Å². The topological polar surface area (TPSA) is 37.4 Å². The predicted molar refractivity (Wildman–Crippen MR) is 87.6 cm³/mol. The van der Waals surface area contributed by atoms with Gasteiger partial charge in [0.25, 0.3) is 0 Å². The molecule has 21 heavy (non-hydrogen) atoms. The lowest BCUT2D eigenvalue weighted by atomic mass is 9.65. The molecule has 0 aromatic heterocycles. The molecule has 1 heterocycles. The first-order chi connectivity index (χ1) is 9.61. The molecule has 1 saturated heterocycles. The van der Waals surface area contributed by atoms with Crippen LogP contribution in [0.4, 0.5) is 0 Å². The van der Waals surface area contributed by atoms with E-state index in [1.54, 1.807) is 28.6 Å². The fourth-order valence-corrected chi connectivity index (χ4v) is 6.47. The summed E-state index contributed by atoms with van der Waals surface area (Å²) in [4.78, 5) is 0.402. The van der Waals surface area contributed by atoms with Crippen molar-refractivity contribution in [2.45, 2.75) is 51.0 Å². The minimum Gasteiger partial charge on any atom is -0.207 e. The quantitative estimate of drug-likeness (QED) is 0.786. The Morgan fingerprint density at radius 1 is 1.14 bits per heavy atom. The van der Waals surface area contributed by atoms with E-state index in [9.17, 15) is 8.42 Å². The van der Waals surface area contributed by atoms with Crippen molar-refractivity contribution in [3.63, 3.8) is 0 Å². The summed E-state index contributed by atoms with van der Waals surface area (Å²) in [6, 6.07) is 7.11. The molecule has 116 valence electrons. The molecule has 2 aliphatic rings. The van der Waals surface area contributed by atoms with E-state index in [2.05, 4.69) is 36.7 Å². The van der Waals surface area contributed by atoms with Crippen LogP contribution in [0.25, 0.3) is 0 Å². The maximum atomic E-state index is 13.0. The first-order valence-electron chi connectivity index (χ1n) is 7.39. The minimum absolute atomic E-state index is 0.120. The number of sulfonamides is 1. The molecule has 2 unspecified atom stereocenters. The van der Waals surface area contributed by atoms with Gasteiger partial charge in [0.1, 0.15) is 0 Å². The van der Waals surface area contributed by atoms with E-state index in [1.165, 1.54) is 0 Å². The highest BCUT2D eigenvalue weighted by molar-refractivity contribution is 9.10. The lowest BCUT2D eigenvalue weighted by Gasteiger charge is -2.39. The van der Waals surface area contributed by atoms with Crippen molar-refractivity contribution in [2.24, 2.45) is 10.8 Å². The standard InChI is InChI=1S/C16H22BrNO2S/c1-15(2)8-13-9-16(3,10-15)11-18(13)21(19,20)14-6-4-12(17)5-7-14/h4-7,13H,8-11H2,1-3H3. The number of halogens is 1. The van der Waals surface area contributed by atoms with Crippen LogP contribution in [0, 0.1) is 10.8 Å². The van der Waals surface area contributed by atoms with E-state index in [-0.39, 0.29) is 16.9 Å². The number of fused-ring (bicyclic) bond motifs is 2.